The molecule has 1 N–H and O–H groups in total. The van der Waals surface area contributed by atoms with Crippen LogP contribution < -0.4 is 5.32 Å². The van der Waals surface area contributed by atoms with Crippen molar-refractivity contribution in [2.24, 2.45) is 0 Å². The van der Waals surface area contributed by atoms with Crippen molar-refractivity contribution in [3.8, 4) is 10.8 Å². The summed E-state index contributed by atoms with van der Waals surface area (Å²) >= 11 is 1.57. The van der Waals surface area contributed by atoms with Gasteiger partial charge < -0.3 is 19.4 Å². The number of hydrogen-bond donors (Lipinski definition) is 1. The van der Waals surface area contributed by atoms with E-state index in [2.05, 4.69) is 10.3 Å². The highest BCUT2D eigenvalue weighted by Gasteiger charge is 2.25. The highest BCUT2D eigenvalue weighted by molar-refractivity contribution is 7.13. The molecule has 118 valence electrons. The highest BCUT2D eigenvalue weighted by atomic mass is 32.1. The van der Waals surface area contributed by atoms with E-state index in [1.54, 1.807) is 22.5 Å². The van der Waals surface area contributed by atoms with Crippen molar-refractivity contribution >= 4 is 17.4 Å². The van der Waals surface area contributed by atoms with Crippen molar-refractivity contribution in [1.29, 1.82) is 0 Å². The minimum Gasteiger partial charge on any atom is -0.443 e. The monoisotopic (exact) mass is 321 g/mol. The van der Waals surface area contributed by atoms with Crippen molar-refractivity contribution in [3.63, 3.8) is 0 Å². The summed E-state index contributed by atoms with van der Waals surface area (Å²) < 4.78 is 11.1. The number of morpholine rings is 1. The van der Waals surface area contributed by atoms with Crippen LogP contribution in [0.5, 0.6) is 0 Å². The Morgan fingerprint density at radius 1 is 1.45 bits per heavy atom. The fraction of sp³-hybridized carbons (Fsp3) is 0.467. The first-order valence-electron chi connectivity index (χ1n) is 7.28. The van der Waals surface area contributed by atoms with Crippen molar-refractivity contribution in [3.05, 3.63) is 29.5 Å². The van der Waals surface area contributed by atoms with Gasteiger partial charge in [0, 0.05) is 13.1 Å². The van der Waals surface area contributed by atoms with Crippen LogP contribution in [-0.4, -0.2) is 41.2 Å². The number of nitrogens with one attached hydrogen (secondary N) is 1. The molecule has 2 atom stereocenters. The lowest BCUT2D eigenvalue weighted by atomic mass is 10.2. The fourth-order valence-electron chi connectivity index (χ4n) is 2.52. The number of carbonyl (C=O) groups excluding carboxylic acids is 1. The summed E-state index contributed by atoms with van der Waals surface area (Å²) in [6.45, 7) is 5.51. The molecule has 1 saturated heterocycles. The first-order chi connectivity index (χ1) is 10.6. The Kier molecular flexibility index (Phi) is 4.44. The van der Waals surface area contributed by atoms with Gasteiger partial charge >= 0.3 is 6.03 Å². The Morgan fingerprint density at radius 2 is 2.23 bits per heavy atom. The van der Waals surface area contributed by atoms with Gasteiger partial charge in [0.2, 0.25) is 5.89 Å². The van der Waals surface area contributed by atoms with Gasteiger partial charge in [-0.05, 0) is 25.3 Å². The molecule has 0 saturated carbocycles. The van der Waals surface area contributed by atoms with Crippen molar-refractivity contribution in [2.75, 3.05) is 13.1 Å². The molecule has 0 spiro atoms. The van der Waals surface area contributed by atoms with Crippen LogP contribution in [-0.2, 0) is 11.3 Å². The molecule has 0 aromatic carbocycles. The average Bonchev–Trinajstić information content (AvgIpc) is 3.14. The molecule has 7 heteroatoms. The maximum Gasteiger partial charge on any atom is 0.317 e. The maximum atomic E-state index is 12.2. The fourth-order valence-corrected chi connectivity index (χ4v) is 3.18. The number of nitrogens with zero attached hydrogens (tertiary/aromatic N) is 2. The second-order valence-corrected chi connectivity index (χ2v) is 6.39. The Hall–Kier alpha value is -1.86. The third-order valence-corrected chi connectivity index (χ3v) is 4.27. The van der Waals surface area contributed by atoms with Gasteiger partial charge in [-0.15, -0.1) is 11.3 Å². The Morgan fingerprint density at radius 3 is 2.91 bits per heavy atom. The molecular formula is C15H19N3O3S. The predicted octanol–water partition coefficient (Wildman–Crippen LogP) is 2.72. The Balaban J connectivity index is 1.55. The summed E-state index contributed by atoms with van der Waals surface area (Å²) in [6, 6.07) is 3.81. The lowest BCUT2D eigenvalue weighted by molar-refractivity contribution is -0.0545. The topological polar surface area (TPSA) is 67.6 Å². The van der Waals surface area contributed by atoms with E-state index in [-0.39, 0.29) is 18.2 Å². The first-order valence-corrected chi connectivity index (χ1v) is 8.16. The lowest BCUT2D eigenvalue weighted by Crippen LogP contribution is -2.51. The molecule has 0 bridgehead atoms. The minimum atomic E-state index is -0.0947. The first kappa shape index (κ1) is 15.1. The van der Waals surface area contributed by atoms with E-state index >= 15 is 0 Å². The van der Waals surface area contributed by atoms with E-state index in [0.29, 0.717) is 31.2 Å². The molecule has 2 aromatic rings. The quantitative estimate of drug-likeness (QED) is 0.944. The smallest absolute Gasteiger partial charge is 0.317 e. The molecule has 0 unspecified atom stereocenters. The third-order valence-electron chi connectivity index (χ3n) is 3.41. The van der Waals surface area contributed by atoms with Gasteiger partial charge in [-0.3, -0.25) is 0 Å². The van der Waals surface area contributed by atoms with Gasteiger partial charge in [-0.25, -0.2) is 9.78 Å². The summed E-state index contributed by atoms with van der Waals surface area (Å²) in [5.74, 6) is 0.591. The zero-order valence-electron chi connectivity index (χ0n) is 12.6. The third kappa shape index (κ3) is 3.48. The van der Waals surface area contributed by atoms with E-state index in [9.17, 15) is 4.79 Å². The van der Waals surface area contributed by atoms with Gasteiger partial charge in [0.25, 0.3) is 0 Å². The molecule has 2 aromatic heterocycles. The van der Waals surface area contributed by atoms with E-state index in [1.165, 1.54) is 0 Å². The zero-order valence-corrected chi connectivity index (χ0v) is 13.4. The SMILES string of the molecule is C[C@H]1CN(C(=O)NCc2coc(-c3cccs3)n2)C[C@H](C)O1. The molecule has 3 rings (SSSR count). The number of rotatable bonds is 3. The molecule has 0 radical (unpaired) electrons. The second kappa shape index (κ2) is 6.50. The van der Waals surface area contributed by atoms with E-state index in [4.69, 9.17) is 9.15 Å². The van der Waals surface area contributed by atoms with Crippen LogP contribution in [0.4, 0.5) is 4.79 Å². The second-order valence-electron chi connectivity index (χ2n) is 5.44. The highest BCUT2D eigenvalue weighted by Crippen LogP contribution is 2.23. The number of urea groups is 1. The van der Waals surface area contributed by atoms with E-state index < -0.39 is 0 Å². The largest absolute Gasteiger partial charge is 0.443 e. The molecule has 0 aliphatic carbocycles. The van der Waals surface area contributed by atoms with Crippen LogP contribution in [0.3, 0.4) is 0 Å². The summed E-state index contributed by atoms with van der Waals surface area (Å²) in [5, 5.41) is 4.85. The molecular weight excluding hydrogens is 302 g/mol. The van der Waals surface area contributed by atoms with E-state index in [1.807, 2.05) is 31.4 Å². The van der Waals surface area contributed by atoms with Crippen LogP contribution >= 0.6 is 11.3 Å². The van der Waals surface area contributed by atoms with Crippen LogP contribution in [0.1, 0.15) is 19.5 Å². The number of carbonyl (C=O) groups is 1. The number of aromatic nitrogens is 1. The molecule has 22 heavy (non-hydrogen) atoms. The average molecular weight is 321 g/mol. The number of thiophene rings is 1. The Labute approximate surface area is 133 Å². The Bertz CT molecular complexity index is 616. The summed E-state index contributed by atoms with van der Waals surface area (Å²) in [5.41, 5.74) is 0.714. The summed E-state index contributed by atoms with van der Waals surface area (Å²) in [6.07, 6.45) is 1.71. The summed E-state index contributed by atoms with van der Waals surface area (Å²) in [4.78, 5) is 19.3. The number of amides is 2. The molecule has 3 heterocycles. The van der Waals surface area contributed by atoms with Gasteiger partial charge in [0.15, 0.2) is 0 Å². The van der Waals surface area contributed by atoms with Crippen LogP contribution in [0, 0.1) is 0 Å². The lowest BCUT2D eigenvalue weighted by Gasteiger charge is -2.35. The van der Waals surface area contributed by atoms with Crippen molar-refractivity contribution < 1.29 is 13.9 Å². The van der Waals surface area contributed by atoms with Crippen LogP contribution in [0.25, 0.3) is 10.8 Å². The van der Waals surface area contributed by atoms with E-state index in [0.717, 1.165) is 4.88 Å². The van der Waals surface area contributed by atoms with Gasteiger partial charge in [-0.1, -0.05) is 6.07 Å². The number of ether oxygens (including phenoxy) is 1. The van der Waals surface area contributed by atoms with Crippen LogP contribution in [0.2, 0.25) is 0 Å². The minimum absolute atomic E-state index is 0.0620. The molecule has 6 nitrogen and oxygen atoms in total. The van der Waals surface area contributed by atoms with Crippen molar-refractivity contribution in [2.45, 2.75) is 32.6 Å². The normalized spacial score (nSPS) is 21.8. The van der Waals surface area contributed by atoms with Gasteiger partial charge in [0.1, 0.15) is 6.26 Å². The number of oxazole rings is 1. The molecule has 1 fully saturated rings. The van der Waals surface area contributed by atoms with Crippen molar-refractivity contribution in [1.82, 2.24) is 15.2 Å². The van der Waals surface area contributed by atoms with Crippen LogP contribution in [0.15, 0.2) is 28.2 Å². The molecule has 2 amide bonds. The number of hydrogen-bond acceptors (Lipinski definition) is 5. The standard InChI is InChI=1S/C15H19N3O3S/c1-10-7-18(8-11(2)21-10)15(19)16-6-12-9-20-14(17-12)13-4-3-5-22-13/h3-5,9-11H,6-8H2,1-2H3,(H,16,19)/t10-,11-/m0/s1. The predicted molar refractivity (Wildman–Crippen MR) is 83.6 cm³/mol. The van der Waals surface area contributed by atoms with Gasteiger partial charge in [0.05, 0.1) is 29.3 Å². The zero-order chi connectivity index (χ0) is 15.5. The molecule has 1 aliphatic heterocycles. The summed E-state index contributed by atoms with van der Waals surface area (Å²) in [7, 11) is 0. The van der Waals surface area contributed by atoms with Gasteiger partial charge in [-0.2, -0.15) is 0 Å². The maximum absolute atomic E-state index is 12.2. The molecule has 1 aliphatic rings.